The number of pyridine rings is 1. The van der Waals surface area contributed by atoms with Crippen molar-refractivity contribution in [2.75, 3.05) is 5.32 Å². The fraction of sp³-hybridized carbons (Fsp3) is 0.611. The second kappa shape index (κ2) is 8.09. The van der Waals surface area contributed by atoms with E-state index in [-0.39, 0.29) is 28.6 Å². The third kappa shape index (κ3) is 5.46. The van der Waals surface area contributed by atoms with Crippen LogP contribution in [0.1, 0.15) is 52.5 Å². The SMILES string of the molecule is CC[C@H](NC(=O)OC(C)(C)C)[C@H](Nc1nc(Cl)c(C#N)cc1F)C1CC1. The molecule has 0 saturated heterocycles. The van der Waals surface area contributed by atoms with E-state index in [4.69, 9.17) is 21.6 Å². The van der Waals surface area contributed by atoms with E-state index in [2.05, 4.69) is 15.6 Å². The van der Waals surface area contributed by atoms with Gasteiger partial charge in [0.1, 0.15) is 16.8 Å². The highest BCUT2D eigenvalue weighted by Gasteiger charge is 2.38. The molecule has 0 radical (unpaired) electrons. The van der Waals surface area contributed by atoms with Crippen LogP contribution in [0.5, 0.6) is 0 Å². The zero-order valence-electron chi connectivity index (χ0n) is 15.4. The summed E-state index contributed by atoms with van der Waals surface area (Å²) in [5, 5.41) is 14.8. The molecule has 0 aliphatic heterocycles. The topological polar surface area (TPSA) is 87.0 Å². The van der Waals surface area contributed by atoms with Gasteiger partial charge in [-0.15, -0.1) is 0 Å². The number of anilines is 1. The van der Waals surface area contributed by atoms with Crippen LogP contribution in [0.2, 0.25) is 5.15 Å². The van der Waals surface area contributed by atoms with Crippen LogP contribution in [0.3, 0.4) is 0 Å². The number of ether oxygens (including phenoxy) is 1. The number of carbonyl (C=O) groups is 1. The highest BCUT2D eigenvalue weighted by Crippen LogP contribution is 2.37. The molecule has 1 fully saturated rings. The summed E-state index contributed by atoms with van der Waals surface area (Å²) in [4.78, 5) is 16.1. The number of amides is 1. The third-order valence-electron chi connectivity index (χ3n) is 4.06. The minimum absolute atomic E-state index is 0.0170. The van der Waals surface area contributed by atoms with Gasteiger partial charge in [0.05, 0.1) is 17.6 Å². The van der Waals surface area contributed by atoms with Crippen molar-refractivity contribution < 1.29 is 13.9 Å². The zero-order chi connectivity index (χ0) is 19.5. The number of aromatic nitrogens is 1. The molecular weight excluding hydrogens is 359 g/mol. The van der Waals surface area contributed by atoms with Gasteiger partial charge in [-0.1, -0.05) is 18.5 Å². The number of nitriles is 1. The number of nitrogens with zero attached hydrogens (tertiary/aromatic N) is 2. The Morgan fingerprint density at radius 2 is 2.19 bits per heavy atom. The maximum absolute atomic E-state index is 14.3. The maximum atomic E-state index is 14.3. The van der Waals surface area contributed by atoms with Crippen molar-refractivity contribution in [2.24, 2.45) is 5.92 Å². The van der Waals surface area contributed by atoms with E-state index in [1.807, 2.05) is 6.92 Å². The molecule has 1 aliphatic carbocycles. The van der Waals surface area contributed by atoms with Crippen LogP contribution in [-0.2, 0) is 4.74 Å². The average Bonchev–Trinajstić information content (AvgIpc) is 3.36. The summed E-state index contributed by atoms with van der Waals surface area (Å²) in [6.07, 6.45) is 2.09. The standard InChI is InChI=1S/C18H24ClFN4O2/c1-5-13(22-17(25)26-18(2,3)4)14(10-6-7-10)23-16-12(20)8-11(9-21)15(19)24-16/h8,10,13-14H,5-7H2,1-4H3,(H,22,25)(H,23,24)/t13-,14+/m0/s1. The molecular formula is C18H24ClFN4O2. The number of nitrogens with one attached hydrogen (secondary N) is 2. The van der Waals surface area contributed by atoms with Gasteiger partial charge in [0, 0.05) is 0 Å². The summed E-state index contributed by atoms with van der Waals surface area (Å²) in [6.45, 7) is 7.32. The molecule has 6 nitrogen and oxygen atoms in total. The first-order valence-electron chi connectivity index (χ1n) is 8.66. The molecule has 0 aromatic carbocycles. The van der Waals surface area contributed by atoms with E-state index in [1.165, 1.54) is 0 Å². The Morgan fingerprint density at radius 1 is 1.54 bits per heavy atom. The number of hydrogen-bond donors (Lipinski definition) is 2. The minimum Gasteiger partial charge on any atom is -0.444 e. The molecule has 2 atom stereocenters. The maximum Gasteiger partial charge on any atom is 0.407 e. The number of rotatable bonds is 6. The third-order valence-corrected chi connectivity index (χ3v) is 4.35. The molecule has 1 aromatic heterocycles. The van der Waals surface area contributed by atoms with Crippen molar-refractivity contribution >= 4 is 23.5 Å². The first-order chi connectivity index (χ1) is 12.1. The first-order valence-corrected chi connectivity index (χ1v) is 9.04. The summed E-state index contributed by atoms with van der Waals surface area (Å²) in [5.74, 6) is -0.371. The quantitative estimate of drug-likeness (QED) is 0.718. The van der Waals surface area contributed by atoms with Gasteiger partial charge in [-0.05, 0) is 52.0 Å². The molecule has 1 amide bonds. The zero-order valence-corrected chi connectivity index (χ0v) is 16.2. The number of halogens is 2. The van der Waals surface area contributed by atoms with Crippen LogP contribution >= 0.6 is 11.6 Å². The van der Waals surface area contributed by atoms with Gasteiger partial charge in [0.25, 0.3) is 0 Å². The Balaban J connectivity index is 2.16. The predicted octanol–water partition coefficient (Wildman–Crippen LogP) is 4.24. The summed E-state index contributed by atoms with van der Waals surface area (Å²) < 4.78 is 19.6. The van der Waals surface area contributed by atoms with E-state index in [0.29, 0.717) is 12.3 Å². The van der Waals surface area contributed by atoms with Crippen LogP contribution in [0.15, 0.2) is 6.07 Å². The lowest BCUT2D eigenvalue weighted by molar-refractivity contribution is 0.0495. The van der Waals surface area contributed by atoms with Gasteiger partial charge in [-0.25, -0.2) is 14.2 Å². The summed E-state index contributed by atoms with van der Waals surface area (Å²) >= 11 is 5.92. The Bertz CT molecular complexity index is 710. The van der Waals surface area contributed by atoms with E-state index >= 15 is 0 Å². The molecule has 26 heavy (non-hydrogen) atoms. The van der Waals surface area contributed by atoms with Crippen molar-refractivity contribution in [3.05, 3.63) is 22.6 Å². The molecule has 1 aliphatic rings. The predicted molar refractivity (Wildman–Crippen MR) is 97.5 cm³/mol. The highest BCUT2D eigenvalue weighted by molar-refractivity contribution is 6.30. The number of hydrogen-bond acceptors (Lipinski definition) is 5. The first kappa shape index (κ1) is 20.2. The van der Waals surface area contributed by atoms with Crippen LogP contribution in [0.25, 0.3) is 0 Å². The Hall–Kier alpha value is -2.07. The fourth-order valence-electron chi connectivity index (χ4n) is 2.71. The molecule has 0 bridgehead atoms. The lowest BCUT2D eigenvalue weighted by Gasteiger charge is -2.30. The van der Waals surface area contributed by atoms with Gasteiger partial charge in [0.15, 0.2) is 11.6 Å². The van der Waals surface area contributed by atoms with E-state index in [1.54, 1.807) is 26.8 Å². The highest BCUT2D eigenvalue weighted by atomic mass is 35.5. The van der Waals surface area contributed by atoms with Crippen LogP contribution < -0.4 is 10.6 Å². The van der Waals surface area contributed by atoms with Gasteiger partial charge < -0.3 is 15.4 Å². The molecule has 0 spiro atoms. The fourth-order valence-corrected chi connectivity index (χ4v) is 2.89. The summed E-state index contributed by atoms with van der Waals surface area (Å²) in [7, 11) is 0. The Labute approximate surface area is 158 Å². The molecule has 2 rings (SSSR count). The second-order valence-corrected chi connectivity index (χ2v) is 7.80. The summed E-state index contributed by atoms with van der Waals surface area (Å²) in [6, 6.07) is 2.39. The Morgan fingerprint density at radius 3 is 2.69 bits per heavy atom. The van der Waals surface area contributed by atoms with Gasteiger partial charge >= 0.3 is 6.09 Å². The largest absolute Gasteiger partial charge is 0.444 e. The molecule has 1 heterocycles. The van der Waals surface area contributed by atoms with E-state index in [9.17, 15) is 9.18 Å². The Kier molecular flexibility index (Phi) is 6.30. The van der Waals surface area contributed by atoms with Crippen LogP contribution in [0.4, 0.5) is 15.0 Å². The van der Waals surface area contributed by atoms with Crippen LogP contribution in [0, 0.1) is 23.1 Å². The number of carbonyl (C=O) groups excluding carboxylic acids is 1. The van der Waals surface area contributed by atoms with Crippen molar-refractivity contribution in [1.82, 2.24) is 10.3 Å². The second-order valence-electron chi connectivity index (χ2n) is 7.44. The van der Waals surface area contributed by atoms with Gasteiger partial charge in [0.2, 0.25) is 0 Å². The average molecular weight is 383 g/mol. The smallest absolute Gasteiger partial charge is 0.407 e. The normalized spacial score (nSPS) is 16.3. The molecule has 8 heteroatoms. The van der Waals surface area contributed by atoms with Gasteiger partial charge in [-0.2, -0.15) is 5.26 Å². The lowest BCUT2D eigenvalue weighted by Crippen LogP contribution is -2.49. The van der Waals surface area contributed by atoms with Crippen molar-refractivity contribution in [2.45, 2.75) is 64.6 Å². The van der Waals surface area contributed by atoms with Crippen molar-refractivity contribution in [3.63, 3.8) is 0 Å². The molecule has 2 N–H and O–H groups in total. The molecule has 142 valence electrons. The van der Waals surface area contributed by atoms with E-state index < -0.39 is 17.5 Å². The molecule has 1 saturated carbocycles. The lowest BCUT2D eigenvalue weighted by atomic mass is 10.0. The number of alkyl carbamates (subject to hydrolysis) is 1. The minimum atomic E-state index is -0.649. The molecule has 1 aromatic rings. The summed E-state index contributed by atoms with van der Waals surface area (Å²) in [5.41, 5.74) is -0.615. The van der Waals surface area contributed by atoms with Crippen molar-refractivity contribution in [3.8, 4) is 6.07 Å². The van der Waals surface area contributed by atoms with E-state index in [0.717, 1.165) is 18.9 Å². The van der Waals surface area contributed by atoms with Gasteiger partial charge in [-0.3, -0.25) is 0 Å². The monoisotopic (exact) mass is 382 g/mol. The van der Waals surface area contributed by atoms with Crippen LogP contribution in [-0.4, -0.2) is 28.8 Å². The van der Waals surface area contributed by atoms with Crippen molar-refractivity contribution in [1.29, 1.82) is 5.26 Å². The molecule has 0 unspecified atom stereocenters.